The van der Waals surface area contributed by atoms with Crippen LogP contribution in [0.15, 0.2) is 60.8 Å². The molecule has 36 heavy (non-hydrogen) atoms. The molecule has 5 nitrogen and oxygen atoms in total. The Balaban J connectivity index is 1.25. The number of piperazine rings is 1. The Bertz CT molecular complexity index is 1140. The molecule has 0 spiro atoms. The molecule has 1 aliphatic heterocycles. The van der Waals surface area contributed by atoms with E-state index in [1.165, 1.54) is 12.1 Å². The van der Waals surface area contributed by atoms with Gasteiger partial charge >= 0.3 is 6.18 Å². The molecule has 0 radical (unpaired) electrons. The predicted octanol–water partition coefficient (Wildman–Crippen LogP) is 5.55. The lowest BCUT2D eigenvalue weighted by atomic mass is 9.99. The number of aromatic nitrogens is 1. The first kappa shape index (κ1) is 26.0. The second kappa shape index (κ2) is 11.3. The number of rotatable bonds is 8. The van der Waals surface area contributed by atoms with E-state index in [2.05, 4.69) is 9.88 Å². The number of aliphatic hydroxyl groups excluding tert-OH is 1. The number of anilines is 2. The van der Waals surface area contributed by atoms with Crippen molar-refractivity contribution in [1.29, 1.82) is 0 Å². The summed E-state index contributed by atoms with van der Waals surface area (Å²) in [7, 11) is 0. The van der Waals surface area contributed by atoms with E-state index in [0.29, 0.717) is 24.5 Å². The normalized spacial score (nSPS) is 15.8. The van der Waals surface area contributed by atoms with Crippen LogP contribution in [-0.2, 0) is 12.6 Å². The van der Waals surface area contributed by atoms with Crippen LogP contribution in [0, 0.1) is 0 Å². The Morgan fingerprint density at radius 1 is 1.00 bits per heavy atom. The number of pyridine rings is 1. The Hall–Kier alpha value is -3.10. The van der Waals surface area contributed by atoms with E-state index in [9.17, 15) is 18.3 Å². The van der Waals surface area contributed by atoms with Gasteiger partial charge in [0, 0.05) is 43.6 Å². The number of hydrogen-bond acceptors (Lipinski definition) is 5. The number of nitrogens with zero attached hydrogens (tertiary/aromatic N) is 3. The number of unbranched alkanes of at least 4 members (excludes halogenated alkanes) is 1. The highest BCUT2D eigenvalue weighted by atomic mass is 19.4. The van der Waals surface area contributed by atoms with Gasteiger partial charge in [-0.2, -0.15) is 13.2 Å². The van der Waals surface area contributed by atoms with Gasteiger partial charge in [0.25, 0.3) is 0 Å². The van der Waals surface area contributed by atoms with E-state index in [1.807, 2.05) is 35.2 Å². The molecule has 192 valence electrons. The minimum atomic E-state index is -4.32. The molecule has 0 saturated carbocycles. The number of aryl methyl sites for hydroxylation is 1. The largest absolute Gasteiger partial charge is 0.416 e. The van der Waals surface area contributed by atoms with Crippen LogP contribution in [0.1, 0.15) is 42.7 Å². The van der Waals surface area contributed by atoms with Crippen molar-refractivity contribution >= 4 is 11.4 Å². The number of nitrogen functional groups attached to an aromatic ring is 1. The summed E-state index contributed by atoms with van der Waals surface area (Å²) in [6.45, 7) is 5.77. The molecular formula is C28H33F3N4O. The highest BCUT2D eigenvalue weighted by Crippen LogP contribution is 2.32. The maximum Gasteiger partial charge on any atom is 0.416 e. The number of benzene rings is 2. The first-order valence-electron chi connectivity index (χ1n) is 12.4. The third-order valence-corrected chi connectivity index (χ3v) is 6.83. The van der Waals surface area contributed by atoms with Crippen molar-refractivity contribution in [2.24, 2.45) is 0 Å². The van der Waals surface area contributed by atoms with Crippen LogP contribution < -0.4 is 10.6 Å². The quantitative estimate of drug-likeness (QED) is 0.399. The molecule has 1 fully saturated rings. The highest BCUT2D eigenvalue weighted by molar-refractivity contribution is 5.77. The maximum absolute atomic E-state index is 13.0. The van der Waals surface area contributed by atoms with Gasteiger partial charge in [0.15, 0.2) is 0 Å². The standard InChI is InChI=1S/C28H33F3N4O/c1-20(36)21-8-10-22(11-9-21)25-12-13-33-26(27(25)32)7-2-3-14-34-15-17-35(18-16-34)24-6-4-5-23(19-24)28(29,30)31/h4-6,8-13,19-20,36H,2-3,7,14-18,32H2,1H3. The Labute approximate surface area is 210 Å². The minimum Gasteiger partial charge on any atom is -0.397 e. The average molecular weight is 499 g/mol. The van der Waals surface area contributed by atoms with Gasteiger partial charge in [-0.1, -0.05) is 30.3 Å². The number of hydrogen-bond donors (Lipinski definition) is 2. The van der Waals surface area contributed by atoms with Gasteiger partial charge in [-0.25, -0.2) is 0 Å². The third kappa shape index (κ3) is 6.36. The van der Waals surface area contributed by atoms with Crippen molar-refractivity contribution < 1.29 is 18.3 Å². The molecule has 2 aromatic carbocycles. The summed E-state index contributed by atoms with van der Waals surface area (Å²) in [5.74, 6) is 0. The van der Waals surface area contributed by atoms with Crippen LogP contribution >= 0.6 is 0 Å². The number of aliphatic hydroxyl groups is 1. The molecule has 0 amide bonds. The second-order valence-electron chi connectivity index (χ2n) is 9.35. The lowest BCUT2D eigenvalue weighted by molar-refractivity contribution is -0.137. The Kier molecular flexibility index (Phi) is 8.16. The molecule has 8 heteroatoms. The van der Waals surface area contributed by atoms with Gasteiger partial charge in [-0.15, -0.1) is 0 Å². The van der Waals surface area contributed by atoms with Crippen LogP contribution in [-0.4, -0.2) is 47.7 Å². The van der Waals surface area contributed by atoms with Crippen molar-refractivity contribution in [3.63, 3.8) is 0 Å². The molecule has 1 aromatic heterocycles. The third-order valence-electron chi connectivity index (χ3n) is 6.83. The lowest BCUT2D eigenvalue weighted by Crippen LogP contribution is -2.46. The summed E-state index contributed by atoms with van der Waals surface area (Å²) in [4.78, 5) is 8.88. The molecule has 3 aromatic rings. The van der Waals surface area contributed by atoms with E-state index in [-0.39, 0.29) is 0 Å². The predicted molar refractivity (Wildman–Crippen MR) is 138 cm³/mol. The summed E-state index contributed by atoms with van der Waals surface area (Å²) < 4.78 is 39.1. The SMILES string of the molecule is CC(O)c1ccc(-c2ccnc(CCCCN3CCN(c4cccc(C(F)(F)F)c4)CC3)c2N)cc1. The first-order chi connectivity index (χ1) is 17.2. The van der Waals surface area contributed by atoms with E-state index < -0.39 is 17.8 Å². The number of halogens is 3. The zero-order valence-electron chi connectivity index (χ0n) is 20.5. The molecule has 1 unspecified atom stereocenters. The fourth-order valence-corrected chi connectivity index (χ4v) is 4.65. The van der Waals surface area contributed by atoms with Crippen LogP contribution in [0.25, 0.3) is 11.1 Å². The topological polar surface area (TPSA) is 65.6 Å². The fourth-order valence-electron chi connectivity index (χ4n) is 4.65. The summed E-state index contributed by atoms with van der Waals surface area (Å²) in [5.41, 5.74) is 10.9. The summed E-state index contributed by atoms with van der Waals surface area (Å²) in [6.07, 6.45) is -0.300. The van der Waals surface area contributed by atoms with Crippen molar-refractivity contribution in [1.82, 2.24) is 9.88 Å². The number of alkyl halides is 3. The van der Waals surface area contributed by atoms with Gasteiger partial charge < -0.3 is 15.7 Å². The van der Waals surface area contributed by atoms with Gasteiger partial charge in [0.2, 0.25) is 0 Å². The van der Waals surface area contributed by atoms with Crippen molar-refractivity contribution in [2.75, 3.05) is 43.4 Å². The van der Waals surface area contributed by atoms with E-state index in [4.69, 9.17) is 5.73 Å². The minimum absolute atomic E-state index is 0.507. The van der Waals surface area contributed by atoms with Crippen molar-refractivity contribution in [3.8, 4) is 11.1 Å². The Morgan fingerprint density at radius 3 is 2.39 bits per heavy atom. The maximum atomic E-state index is 13.0. The monoisotopic (exact) mass is 498 g/mol. The number of nitrogens with two attached hydrogens (primary N) is 1. The van der Waals surface area contributed by atoms with Gasteiger partial charge in [0.05, 0.1) is 23.0 Å². The van der Waals surface area contributed by atoms with Crippen molar-refractivity contribution in [3.05, 3.63) is 77.6 Å². The molecular weight excluding hydrogens is 465 g/mol. The summed E-state index contributed by atoms with van der Waals surface area (Å²) in [5, 5.41) is 9.72. The molecule has 0 aliphatic carbocycles. The molecule has 4 rings (SSSR count). The Morgan fingerprint density at radius 2 is 1.72 bits per heavy atom. The zero-order chi connectivity index (χ0) is 25.7. The summed E-state index contributed by atoms with van der Waals surface area (Å²) >= 11 is 0. The molecule has 2 heterocycles. The highest BCUT2D eigenvalue weighted by Gasteiger charge is 2.31. The molecule has 3 N–H and O–H groups in total. The smallest absolute Gasteiger partial charge is 0.397 e. The van der Waals surface area contributed by atoms with Gasteiger partial charge in [-0.05, 0) is 68.1 Å². The molecule has 1 aliphatic rings. The van der Waals surface area contributed by atoms with Crippen LogP contribution in [0.4, 0.5) is 24.5 Å². The molecule has 1 atom stereocenters. The average Bonchev–Trinajstić information content (AvgIpc) is 2.87. The van der Waals surface area contributed by atoms with E-state index in [0.717, 1.165) is 67.3 Å². The van der Waals surface area contributed by atoms with Crippen molar-refractivity contribution in [2.45, 2.75) is 38.5 Å². The van der Waals surface area contributed by atoms with Gasteiger partial charge in [0.1, 0.15) is 0 Å². The van der Waals surface area contributed by atoms with Crippen LogP contribution in [0.3, 0.4) is 0 Å². The molecule has 1 saturated heterocycles. The lowest BCUT2D eigenvalue weighted by Gasteiger charge is -2.36. The second-order valence-corrected chi connectivity index (χ2v) is 9.35. The first-order valence-corrected chi connectivity index (χ1v) is 12.4. The fraction of sp³-hybridized carbons (Fsp3) is 0.393. The summed E-state index contributed by atoms with van der Waals surface area (Å²) in [6, 6.07) is 15.3. The zero-order valence-corrected chi connectivity index (χ0v) is 20.5. The molecule has 0 bridgehead atoms. The van der Waals surface area contributed by atoms with E-state index in [1.54, 1.807) is 19.2 Å². The van der Waals surface area contributed by atoms with Crippen LogP contribution in [0.5, 0.6) is 0 Å². The van der Waals surface area contributed by atoms with Crippen LogP contribution in [0.2, 0.25) is 0 Å². The van der Waals surface area contributed by atoms with Gasteiger partial charge in [-0.3, -0.25) is 9.88 Å². The van der Waals surface area contributed by atoms with E-state index >= 15 is 0 Å².